The number of hydrogen-bond donors (Lipinski definition) is 2. The van der Waals surface area contributed by atoms with Crippen LogP contribution in [0.1, 0.15) is 27.2 Å². The van der Waals surface area contributed by atoms with Crippen LogP contribution >= 0.6 is 0 Å². The van der Waals surface area contributed by atoms with Gasteiger partial charge in [-0.05, 0) is 0 Å². The van der Waals surface area contributed by atoms with Crippen molar-refractivity contribution in [1.82, 2.24) is 10.2 Å². The molecular formula is C10H15N3O2. The molecule has 0 aliphatic carbocycles. The van der Waals surface area contributed by atoms with Gasteiger partial charge in [-0.3, -0.25) is 14.7 Å². The minimum Gasteiger partial charge on any atom is -0.311 e. The third-order valence-corrected chi connectivity index (χ3v) is 1.93. The van der Waals surface area contributed by atoms with E-state index in [0.717, 1.165) is 0 Å². The summed E-state index contributed by atoms with van der Waals surface area (Å²) in [5, 5.41) is 8.81. The highest BCUT2D eigenvalue weighted by Gasteiger charge is 2.23. The summed E-state index contributed by atoms with van der Waals surface area (Å²) in [7, 11) is 0. The van der Waals surface area contributed by atoms with Gasteiger partial charge in [0.1, 0.15) is 11.6 Å². The van der Waals surface area contributed by atoms with E-state index in [1.807, 2.05) is 0 Å². The topological polar surface area (TPSA) is 74.8 Å². The molecule has 1 aromatic rings. The Hall–Kier alpha value is -1.65. The molecule has 1 rings (SSSR count). The maximum Gasteiger partial charge on any atom is 0.232 e. The van der Waals surface area contributed by atoms with E-state index in [1.165, 1.54) is 6.20 Å². The molecule has 0 aliphatic rings. The van der Waals surface area contributed by atoms with Gasteiger partial charge in [0.15, 0.2) is 0 Å². The van der Waals surface area contributed by atoms with Crippen LogP contribution in [0.2, 0.25) is 0 Å². The molecule has 1 amide bonds. The first-order valence-electron chi connectivity index (χ1n) is 4.72. The molecule has 0 fully saturated rings. The second-order valence-corrected chi connectivity index (χ2v) is 4.37. The summed E-state index contributed by atoms with van der Waals surface area (Å²) < 4.78 is 0. The zero-order valence-corrected chi connectivity index (χ0v) is 9.13. The minimum absolute atomic E-state index is 0.0838. The van der Waals surface area contributed by atoms with Crippen molar-refractivity contribution in [1.29, 1.82) is 0 Å². The van der Waals surface area contributed by atoms with Gasteiger partial charge in [-0.25, -0.2) is 0 Å². The van der Waals surface area contributed by atoms with Gasteiger partial charge in [0.2, 0.25) is 5.91 Å². The van der Waals surface area contributed by atoms with Crippen LogP contribution in [0.25, 0.3) is 0 Å². The number of hydrogen-bond acceptors (Lipinski definition) is 3. The van der Waals surface area contributed by atoms with E-state index in [4.69, 9.17) is 0 Å². The number of rotatable bonds is 3. The Bertz CT molecular complexity index is 349. The monoisotopic (exact) mass is 209 g/mol. The lowest BCUT2D eigenvalue weighted by atomic mass is 9.89. The first-order chi connectivity index (χ1) is 6.89. The smallest absolute Gasteiger partial charge is 0.232 e. The number of ketones is 1. The molecule has 0 bridgehead atoms. The van der Waals surface area contributed by atoms with Gasteiger partial charge in [-0.1, -0.05) is 20.8 Å². The van der Waals surface area contributed by atoms with Crippen LogP contribution in [0.5, 0.6) is 0 Å². The molecule has 5 heteroatoms. The quantitative estimate of drug-likeness (QED) is 0.738. The summed E-state index contributed by atoms with van der Waals surface area (Å²) in [6.07, 6.45) is 1.42. The highest BCUT2D eigenvalue weighted by Crippen LogP contribution is 2.16. The Labute approximate surface area is 88.3 Å². The largest absolute Gasteiger partial charge is 0.311 e. The molecule has 0 saturated heterocycles. The number of Topliss-reactive ketones (excluding diaryl/α,β-unsaturated/α-hetero) is 1. The van der Waals surface area contributed by atoms with E-state index in [1.54, 1.807) is 26.8 Å². The third kappa shape index (κ3) is 3.53. The fraction of sp³-hybridized carbons (Fsp3) is 0.500. The maximum absolute atomic E-state index is 11.5. The van der Waals surface area contributed by atoms with Gasteiger partial charge in [0.05, 0.1) is 12.6 Å². The number of aromatic amines is 1. The molecule has 1 aromatic heterocycles. The maximum atomic E-state index is 11.5. The standard InChI is InChI=1S/C10H15N3O2/c1-10(2,3)7(14)6-9(15)12-8-4-5-11-13-8/h4-5H,6H2,1-3H3,(H2,11,12,13,15). The Kier molecular flexibility index (Phi) is 3.24. The van der Waals surface area contributed by atoms with Gasteiger partial charge in [0.25, 0.3) is 0 Å². The van der Waals surface area contributed by atoms with Crippen molar-refractivity contribution in [3.63, 3.8) is 0 Å². The number of amides is 1. The highest BCUT2D eigenvalue weighted by atomic mass is 16.2. The van der Waals surface area contributed by atoms with Crippen LogP contribution in [0.15, 0.2) is 12.3 Å². The number of anilines is 1. The minimum atomic E-state index is -0.481. The van der Waals surface area contributed by atoms with Crippen molar-refractivity contribution in [2.45, 2.75) is 27.2 Å². The van der Waals surface area contributed by atoms with Gasteiger partial charge in [-0.15, -0.1) is 0 Å². The van der Waals surface area contributed by atoms with Crippen molar-refractivity contribution in [3.8, 4) is 0 Å². The summed E-state index contributed by atoms with van der Waals surface area (Å²) >= 11 is 0. The normalized spacial score (nSPS) is 11.1. The summed E-state index contributed by atoms with van der Waals surface area (Å²) in [5.74, 6) is 0.0976. The van der Waals surface area contributed by atoms with E-state index in [2.05, 4.69) is 15.5 Å². The van der Waals surface area contributed by atoms with Gasteiger partial charge < -0.3 is 5.32 Å². The lowest BCUT2D eigenvalue weighted by molar-refractivity contribution is -0.130. The molecule has 82 valence electrons. The molecule has 0 radical (unpaired) electrons. The van der Waals surface area contributed by atoms with Gasteiger partial charge in [-0.2, -0.15) is 5.10 Å². The zero-order chi connectivity index (χ0) is 11.5. The van der Waals surface area contributed by atoms with E-state index < -0.39 is 5.41 Å². The average molecular weight is 209 g/mol. The third-order valence-electron chi connectivity index (χ3n) is 1.93. The number of carbonyl (C=O) groups excluding carboxylic acids is 2. The SMILES string of the molecule is CC(C)(C)C(=O)CC(=O)Nc1ccn[nH]1. The lowest BCUT2D eigenvalue weighted by Gasteiger charge is -2.15. The molecule has 0 aromatic carbocycles. The van der Waals surface area contributed by atoms with E-state index in [9.17, 15) is 9.59 Å². The molecule has 0 atom stereocenters. The molecule has 0 saturated carbocycles. The van der Waals surface area contributed by atoms with E-state index in [-0.39, 0.29) is 18.1 Å². The molecule has 1 heterocycles. The Morgan fingerprint density at radius 2 is 2.13 bits per heavy atom. The van der Waals surface area contributed by atoms with Crippen molar-refractivity contribution in [2.24, 2.45) is 5.41 Å². The summed E-state index contributed by atoms with van der Waals surface area (Å²) in [5.41, 5.74) is -0.481. The van der Waals surface area contributed by atoms with Gasteiger partial charge in [0, 0.05) is 11.5 Å². The first kappa shape index (κ1) is 11.4. The number of nitrogens with zero attached hydrogens (tertiary/aromatic N) is 1. The molecule has 0 spiro atoms. The number of nitrogens with one attached hydrogen (secondary N) is 2. The molecule has 0 unspecified atom stereocenters. The van der Waals surface area contributed by atoms with Crippen molar-refractivity contribution < 1.29 is 9.59 Å². The van der Waals surface area contributed by atoms with Crippen LogP contribution in [0.3, 0.4) is 0 Å². The second kappa shape index (κ2) is 4.25. The zero-order valence-electron chi connectivity index (χ0n) is 9.13. The Morgan fingerprint density at radius 1 is 1.47 bits per heavy atom. The second-order valence-electron chi connectivity index (χ2n) is 4.37. The fourth-order valence-electron chi connectivity index (χ4n) is 0.931. The summed E-state index contributed by atoms with van der Waals surface area (Å²) in [6.45, 7) is 5.37. The van der Waals surface area contributed by atoms with Crippen LogP contribution in [-0.4, -0.2) is 21.9 Å². The number of carbonyl (C=O) groups is 2. The Balaban J connectivity index is 2.47. The van der Waals surface area contributed by atoms with Gasteiger partial charge >= 0.3 is 0 Å². The predicted molar refractivity (Wildman–Crippen MR) is 56.3 cm³/mol. The van der Waals surface area contributed by atoms with Crippen LogP contribution in [0, 0.1) is 5.41 Å². The molecular weight excluding hydrogens is 194 g/mol. The van der Waals surface area contributed by atoms with Crippen molar-refractivity contribution in [2.75, 3.05) is 5.32 Å². The highest BCUT2D eigenvalue weighted by molar-refractivity contribution is 6.05. The molecule has 2 N–H and O–H groups in total. The van der Waals surface area contributed by atoms with Crippen molar-refractivity contribution in [3.05, 3.63) is 12.3 Å². The number of H-pyrrole nitrogens is 1. The summed E-state index contributed by atoms with van der Waals surface area (Å²) in [6, 6.07) is 1.62. The molecule has 0 aliphatic heterocycles. The van der Waals surface area contributed by atoms with Crippen LogP contribution in [-0.2, 0) is 9.59 Å². The van der Waals surface area contributed by atoms with E-state index >= 15 is 0 Å². The van der Waals surface area contributed by atoms with Crippen LogP contribution < -0.4 is 5.32 Å². The predicted octanol–water partition coefficient (Wildman–Crippen LogP) is 1.35. The average Bonchev–Trinajstić information content (AvgIpc) is 2.54. The molecule has 5 nitrogen and oxygen atoms in total. The lowest BCUT2D eigenvalue weighted by Crippen LogP contribution is -2.26. The van der Waals surface area contributed by atoms with Crippen LogP contribution in [0.4, 0.5) is 5.82 Å². The fourth-order valence-corrected chi connectivity index (χ4v) is 0.931. The first-order valence-corrected chi connectivity index (χ1v) is 4.72. The summed E-state index contributed by atoms with van der Waals surface area (Å²) in [4.78, 5) is 22.9. The molecule has 15 heavy (non-hydrogen) atoms. The number of aromatic nitrogens is 2. The van der Waals surface area contributed by atoms with E-state index in [0.29, 0.717) is 5.82 Å². The van der Waals surface area contributed by atoms with Crippen molar-refractivity contribution >= 4 is 17.5 Å². The Morgan fingerprint density at radius 3 is 2.60 bits per heavy atom.